The summed E-state index contributed by atoms with van der Waals surface area (Å²) < 4.78 is 0. The van der Waals surface area contributed by atoms with Crippen LogP contribution >= 0.6 is 11.6 Å². The van der Waals surface area contributed by atoms with Crippen molar-refractivity contribution in [1.29, 1.82) is 0 Å². The lowest BCUT2D eigenvalue weighted by molar-refractivity contribution is 0.101. The highest BCUT2D eigenvalue weighted by Crippen LogP contribution is 2.24. The van der Waals surface area contributed by atoms with Crippen LogP contribution in [0.25, 0.3) is 0 Å². The topological polar surface area (TPSA) is 61.2 Å². The maximum atomic E-state index is 6.05. The molecule has 1 atom stereocenters. The van der Waals surface area contributed by atoms with Crippen molar-refractivity contribution in [3.05, 3.63) is 17.2 Å². The SMILES string of the molecule is CCN1CCN(C(CN)c2[nH]cnc2Cl)CC1. The molecule has 0 aromatic carbocycles. The number of nitrogens with one attached hydrogen (secondary N) is 1. The molecule has 17 heavy (non-hydrogen) atoms. The first-order valence-electron chi connectivity index (χ1n) is 6.11. The Bertz CT molecular complexity index is 345. The number of rotatable bonds is 4. The average molecular weight is 258 g/mol. The number of aromatic nitrogens is 2. The predicted molar refractivity (Wildman–Crippen MR) is 69.1 cm³/mol. The van der Waals surface area contributed by atoms with E-state index in [0.717, 1.165) is 38.4 Å². The van der Waals surface area contributed by atoms with E-state index in [1.165, 1.54) is 0 Å². The molecule has 1 aliphatic heterocycles. The van der Waals surface area contributed by atoms with E-state index < -0.39 is 0 Å². The molecular formula is C11H20ClN5. The first-order chi connectivity index (χ1) is 8.26. The van der Waals surface area contributed by atoms with E-state index in [1.54, 1.807) is 6.33 Å². The molecule has 0 aliphatic carbocycles. The number of likely N-dealkylation sites (N-methyl/N-ethyl adjacent to an activating group) is 1. The highest BCUT2D eigenvalue weighted by Gasteiger charge is 2.26. The summed E-state index contributed by atoms with van der Waals surface area (Å²) in [5.41, 5.74) is 6.81. The van der Waals surface area contributed by atoms with E-state index >= 15 is 0 Å². The van der Waals surface area contributed by atoms with Crippen LogP contribution in [0.5, 0.6) is 0 Å². The molecule has 1 saturated heterocycles. The van der Waals surface area contributed by atoms with Crippen LogP contribution in [-0.2, 0) is 0 Å². The van der Waals surface area contributed by atoms with Gasteiger partial charge in [-0.1, -0.05) is 18.5 Å². The fourth-order valence-corrected chi connectivity index (χ4v) is 2.59. The highest BCUT2D eigenvalue weighted by molar-refractivity contribution is 6.30. The number of nitrogens with zero attached hydrogens (tertiary/aromatic N) is 3. The van der Waals surface area contributed by atoms with Crippen LogP contribution in [0.2, 0.25) is 5.15 Å². The van der Waals surface area contributed by atoms with Crippen LogP contribution in [0, 0.1) is 0 Å². The third-order valence-electron chi connectivity index (χ3n) is 3.47. The zero-order chi connectivity index (χ0) is 12.3. The van der Waals surface area contributed by atoms with E-state index in [1.807, 2.05) is 0 Å². The number of hydrogen-bond donors (Lipinski definition) is 2. The van der Waals surface area contributed by atoms with E-state index in [-0.39, 0.29) is 6.04 Å². The van der Waals surface area contributed by atoms with Crippen molar-refractivity contribution in [2.24, 2.45) is 5.73 Å². The maximum absolute atomic E-state index is 6.05. The molecule has 6 heteroatoms. The molecule has 1 fully saturated rings. The zero-order valence-corrected chi connectivity index (χ0v) is 11.0. The third-order valence-corrected chi connectivity index (χ3v) is 3.77. The van der Waals surface area contributed by atoms with Gasteiger partial charge in [0.25, 0.3) is 0 Å². The Labute approximate surface area is 107 Å². The molecule has 0 radical (unpaired) electrons. The molecule has 1 aliphatic rings. The second-order valence-corrected chi connectivity index (χ2v) is 4.69. The van der Waals surface area contributed by atoms with Gasteiger partial charge in [0.15, 0.2) is 5.15 Å². The first-order valence-corrected chi connectivity index (χ1v) is 6.49. The minimum absolute atomic E-state index is 0.156. The normalized spacial score (nSPS) is 20.6. The monoisotopic (exact) mass is 257 g/mol. The van der Waals surface area contributed by atoms with Gasteiger partial charge in [0.05, 0.1) is 18.1 Å². The standard InChI is InChI=1S/C11H20ClN5/c1-2-16-3-5-17(6-4-16)9(7-13)10-11(12)15-8-14-10/h8-9H,2-7,13H2,1H3,(H,14,15). The number of piperazine rings is 1. The van der Waals surface area contributed by atoms with Crippen molar-refractivity contribution in [3.63, 3.8) is 0 Å². The van der Waals surface area contributed by atoms with Gasteiger partial charge in [-0.05, 0) is 6.54 Å². The molecule has 5 nitrogen and oxygen atoms in total. The Morgan fingerprint density at radius 1 is 1.47 bits per heavy atom. The molecule has 0 saturated carbocycles. The lowest BCUT2D eigenvalue weighted by Gasteiger charge is -2.38. The molecule has 1 aromatic rings. The summed E-state index contributed by atoms with van der Waals surface area (Å²) in [5.74, 6) is 0. The summed E-state index contributed by atoms with van der Waals surface area (Å²) in [6, 6.07) is 0.156. The van der Waals surface area contributed by atoms with Crippen LogP contribution in [0.1, 0.15) is 18.7 Å². The number of H-pyrrole nitrogens is 1. The Balaban J connectivity index is 2.03. The van der Waals surface area contributed by atoms with Crippen molar-refractivity contribution >= 4 is 11.6 Å². The molecule has 0 spiro atoms. The smallest absolute Gasteiger partial charge is 0.151 e. The zero-order valence-electron chi connectivity index (χ0n) is 10.2. The second kappa shape index (κ2) is 5.82. The van der Waals surface area contributed by atoms with E-state index in [4.69, 9.17) is 17.3 Å². The molecule has 96 valence electrons. The number of halogens is 1. The van der Waals surface area contributed by atoms with Crippen LogP contribution in [0.3, 0.4) is 0 Å². The van der Waals surface area contributed by atoms with Gasteiger partial charge in [-0.25, -0.2) is 4.98 Å². The Hall–Kier alpha value is -0.620. The fraction of sp³-hybridized carbons (Fsp3) is 0.727. The molecule has 0 bridgehead atoms. The molecule has 1 unspecified atom stereocenters. The van der Waals surface area contributed by atoms with Crippen LogP contribution in [0.4, 0.5) is 0 Å². The number of nitrogens with two attached hydrogens (primary N) is 1. The molecule has 1 aromatic heterocycles. The lowest BCUT2D eigenvalue weighted by Crippen LogP contribution is -2.48. The van der Waals surface area contributed by atoms with Gasteiger partial charge in [-0.15, -0.1) is 0 Å². The van der Waals surface area contributed by atoms with Gasteiger partial charge in [-0.3, -0.25) is 4.90 Å². The number of imidazole rings is 1. The minimum atomic E-state index is 0.156. The number of aromatic amines is 1. The summed E-state index contributed by atoms with van der Waals surface area (Å²) in [6.45, 7) is 8.13. The minimum Gasteiger partial charge on any atom is -0.346 e. The van der Waals surface area contributed by atoms with E-state index in [0.29, 0.717) is 11.7 Å². The second-order valence-electron chi connectivity index (χ2n) is 4.33. The van der Waals surface area contributed by atoms with E-state index in [2.05, 4.69) is 26.7 Å². The Morgan fingerprint density at radius 3 is 2.65 bits per heavy atom. The van der Waals surface area contributed by atoms with Gasteiger partial charge >= 0.3 is 0 Å². The van der Waals surface area contributed by atoms with Crippen molar-refractivity contribution in [2.75, 3.05) is 39.3 Å². The summed E-state index contributed by atoms with van der Waals surface area (Å²) in [7, 11) is 0. The van der Waals surface area contributed by atoms with Crippen molar-refractivity contribution in [2.45, 2.75) is 13.0 Å². The van der Waals surface area contributed by atoms with Crippen LogP contribution in [0.15, 0.2) is 6.33 Å². The number of hydrogen-bond acceptors (Lipinski definition) is 4. The summed E-state index contributed by atoms with van der Waals surface area (Å²) in [5, 5.41) is 0.540. The quantitative estimate of drug-likeness (QED) is 0.834. The molecule has 2 heterocycles. The highest BCUT2D eigenvalue weighted by atomic mass is 35.5. The molecule has 2 rings (SSSR count). The fourth-order valence-electron chi connectivity index (χ4n) is 2.36. The van der Waals surface area contributed by atoms with E-state index in [9.17, 15) is 0 Å². The first kappa shape index (κ1) is 12.8. The summed E-state index contributed by atoms with van der Waals surface area (Å²) >= 11 is 6.05. The van der Waals surface area contributed by atoms with Crippen LogP contribution < -0.4 is 5.73 Å². The summed E-state index contributed by atoms with van der Waals surface area (Å²) in [4.78, 5) is 12.0. The van der Waals surface area contributed by atoms with Crippen molar-refractivity contribution < 1.29 is 0 Å². The summed E-state index contributed by atoms with van der Waals surface area (Å²) in [6.07, 6.45) is 1.63. The average Bonchev–Trinajstić information content (AvgIpc) is 2.78. The molecule has 3 N–H and O–H groups in total. The van der Waals surface area contributed by atoms with Gasteiger partial charge in [0.2, 0.25) is 0 Å². The Kier molecular flexibility index (Phi) is 4.39. The maximum Gasteiger partial charge on any atom is 0.151 e. The van der Waals surface area contributed by atoms with Gasteiger partial charge in [0.1, 0.15) is 0 Å². The van der Waals surface area contributed by atoms with Gasteiger partial charge in [0, 0.05) is 32.7 Å². The predicted octanol–water partition coefficient (Wildman–Crippen LogP) is 0.700. The Morgan fingerprint density at radius 2 is 2.18 bits per heavy atom. The molecule has 0 amide bonds. The van der Waals surface area contributed by atoms with Crippen molar-refractivity contribution in [3.8, 4) is 0 Å². The third kappa shape index (κ3) is 2.80. The molecular weight excluding hydrogens is 238 g/mol. The largest absolute Gasteiger partial charge is 0.346 e. The lowest BCUT2D eigenvalue weighted by atomic mass is 10.1. The van der Waals surface area contributed by atoms with Crippen LogP contribution in [-0.4, -0.2) is 59.0 Å². The van der Waals surface area contributed by atoms with Gasteiger partial charge in [-0.2, -0.15) is 0 Å². The van der Waals surface area contributed by atoms with Gasteiger partial charge < -0.3 is 15.6 Å². The van der Waals surface area contributed by atoms with Crippen molar-refractivity contribution in [1.82, 2.24) is 19.8 Å².